The second-order valence-electron chi connectivity index (χ2n) is 3.01. The molecule has 19 heavy (non-hydrogen) atoms. The molecule has 2 atom stereocenters. The largest absolute Gasteiger partial charge is 0.454 e. The van der Waals surface area contributed by atoms with Gasteiger partial charge in [-0.2, -0.15) is 39.5 Å². The zero-order chi connectivity index (χ0) is 15.9. The van der Waals surface area contributed by atoms with E-state index in [4.69, 9.17) is 0 Å². The van der Waals surface area contributed by atoms with Gasteiger partial charge in [0.05, 0.1) is 0 Å². The van der Waals surface area contributed by atoms with Crippen LogP contribution in [-0.2, 0) is 4.74 Å². The molecule has 0 aliphatic rings. The van der Waals surface area contributed by atoms with Crippen molar-refractivity contribution in [2.75, 3.05) is 0 Å². The number of alkyl halides is 12. The summed E-state index contributed by atoms with van der Waals surface area (Å²) < 4.78 is 144. The molecule has 0 radical (unpaired) electrons. The molecule has 0 aromatic heterocycles. The summed E-state index contributed by atoms with van der Waals surface area (Å²) in [6.45, 7) is 0. The third kappa shape index (κ3) is 3.79. The molecule has 2 unspecified atom stereocenters. The summed E-state index contributed by atoms with van der Waals surface area (Å²) in [4.78, 5) is 0. The van der Waals surface area contributed by atoms with E-state index in [2.05, 4.69) is 0 Å². The Balaban J connectivity index is 5.39. The molecule has 0 aliphatic carbocycles. The third-order valence-corrected chi connectivity index (χ3v) is 1.53. The lowest BCUT2D eigenvalue weighted by molar-refractivity contribution is -0.458. The zero-order valence-electron chi connectivity index (χ0n) is 8.10. The minimum atomic E-state index is -6.81. The summed E-state index contributed by atoms with van der Waals surface area (Å²) in [5, 5.41) is 0. The van der Waals surface area contributed by atoms with E-state index in [1.807, 2.05) is 0 Å². The van der Waals surface area contributed by atoms with Gasteiger partial charge in [-0.1, -0.05) is 0 Å². The SMILES string of the molecule is FC(C(F)(F)F)C(F)(F)OC(F)(C(F)F)C(F)(F)F. The number of hydrogen-bond acceptors (Lipinski definition) is 1. The van der Waals surface area contributed by atoms with Crippen LogP contribution < -0.4 is 0 Å². The number of ether oxygens (including phenoxy) is 1. The topological polar surface area (TPSA) is 9.23 Å². The monoisotopic (exact) mass is 318 g/mol. The molecule has 0 aliphatic heterocycles. The lowest BCUT2D eigenvalue weighted by atomic mass is 10.3. The molecule has 0 bridgehead atoms. The van der Waals surface area contributed by atoms with Gasteiger partial charge in [0, 0.05) is 0 Å². The predicted molar refractivity (Wildman–Crippen MR) is 32.9 cm³/mol. The predicted octanol–water partition coefficient (Wildman–Crippen LogP) is 3.99. The molecule has 0 amide bonds. The van der Waals surface area contributed by atoms with Crippen molar-refractivity contribution < 1.29 is 57.4 Å². The lowest BCUT2D eigenvalue weighted by Gasteiger charge is -2.32. The molecule has 13 heteroatoms. The molecule has 0 N–H and O–H groups in total. The molecule has 1 nitrogen and oxygen atoms in total. The van der Waals surface area contributed by atoms with Crippen LogP contribution in [0.25, 0.3) is 0 Å². The first-order valence-electron chi connectivity index (χ1n) is 3.88. The van der Waals surface area contributed by atoms with Gasteiger partial charge in [-0.05, 0) is 0 Å². The fourth-order valence-electron chi connectivity index (χ4n) is 0.666. The average Bonchev–Trinajstić information content (AvgIpc) is 2.12. The van der Waals surface area contributed by atoms with Crippen molar-refractivity contribution in [1.29, 1.82) is 0 Å². The van der Waals surface area contributed by atoms with Gasteiger partial charge in [0.2, 0.25) is 0 Å². The molecule has 0 fully saturated rings. The van der Waals surface area contributed by atoms with Gasteiger partial charge < -0.3 is 0 Å². The summed E-state index contributed by atoms with van der Waals surface area (Å²) >= 11 is 0. The molecular formula is C6H2F12O. The first-order chi connectivity index (χ1) is 8.06. The highest BCUT2D eigenvalue weighted by molar-refractivity contribution is 4.85. The first kappa shape index (κ1) is 18.1. The molecule has 0 rings (SSSR count). The maximum atomic E-state index is 12.6. The Hall–Kier alpha value is -0.880. The van der Waals surface area contributed by atoms with Crippen LogP contribution in [0.4, 0.5) is 52.7 Å². The Morgan fingerprint density at radius 2 is 1.05 bits per heavy atom. The van der Waals surface area contributed by atoms with E-state index < -0.39 is 36.9 Å². The van der Waals surface area contributed by atoms with Crippen molar-refractivity contribution in [2.45, 2.75) is 36.9 Å². The highest BCUT2D eigenvalue weighted by Crippen LogP contribution is 2.46. The van der Waals surface area contributed by atoms with E-state index in [-0.39, 0.29) is 0 Å². The van der Waals surface area contributed by atoms with Crippen molar-refractivity contribution in [3.63, 3.8) is 0 Å². The van der Waals surface area contributed by atoms with Crippen molar-refractivity contribution >= 4 is 0 Å². The minimum absolute atomic E-state index is 1.77. The number of halogens is 12. The maximum Gasteiger partial charge on any atom is 0.454 e. The Morgan fingerprint density at radius 1 is 0.684 bits per heavy atom. The van der Waals surface area contributed by atoms with Gasteiger partial charge in [-0.3, -0.25) is 4.74 Å². The van der Waals surface area contributed by atoms with Gasteiger partial charge in [-0.25, -0.2) is 13.2 Å². The van der Waals surface area contributed by atoms with Crippen LogP contribution >= 0.6 is 0 Å². The van der Waals surface area contributed by atoms with Gasteiger partial charge in [-0.15, -0.1) is 0 Å². The van der Waals surface area contributed by atoms with Gasteiger partial charge in [0.1, 0.15) is 0 Å². The van der Waals surface area contributed by atoms with E-state index in [1.54, 1.807) is 4.74 Å². The smallest absolute Gasteiger partial charge is 0.267 e. The zero-order valence-corrected chi connectivity index (χ0v) is 8.10. The van der Waals surface area contributed by atoms with Crippen LogP contribution in [0.3, 0.4) is 0 Å². The highest BCUT2D eigenvalue weighted by atomic mass is 19.4. The van der Waals surface area contributed by atoms with Crippen LogP contribution in [0, 0.1) is 0 Å². The highest BCUT2D eigenvalue weighted by Gasteiger charge is 2.71. The quantitative estimate of drug-likeness (QED) is 0.712. The van der Waals surface area contributed by atoms with Crippen molar-refractivity contribution in [1.82, 2.24) is 0 Å². The first-order valence-corrected chi connectivity index (χ1v) is 3.88. The molecule has 0 aromatic rings. The van der Waals surface area contributed by atoms with Gasteiger partial charge >= 0.3 is 30.7 Å². The summed E-state index contributed by atoms with van der Waals surface area (Å²) in [7, 11) is 0. The third-order valence-electron chi connectivity index (χ3n) is 1.53. The summed E-state index contributed by atoms with van der Waals surface area (Å²) in [6.07, 6.45) is -30.5. The fourth-order valence-corrected chi connectivity index (χ4v) is 0.666. The van der Waals surface area contributed by atoms with Crippen LogP contribution in [0.5, 0.6) is 0 Å². The van der Waals surface area contributed by atoms with Crippen LogP contribution in [0.2, 0.25) is 0 Å². The molecule has 0 spiro atoms. The lowest BCUT2D eigenvalue weighted by Crippen LogP contribution is -2.57. The van der Waals surface area contributed by atoms with E-state index in [9.17, 15) is 52.7 Å². The Kier molecular flexibility index (Phi) is 4.68. The second-order valence-corrected chi connectivity index (χ2v) is 3.01. The summed E-state index contributed by atoms with van der Waals surface area (Å²) in [6, 6.07) is 0. The Labute approximate surface area is 95.7 Å². The summed E-state index contributed by atoms with van der Waals surface area (Å²) in [5.74, 6) is -6.45. The molecule has 0 aromatic carbocycles. The second kappa shape index (κ2) is 4.90. The Morgan fingerprint density at radius 3 is 1.26 bits per heavy atom. The van der Waals surface area contributed by atoms with E-state index in [0.29, 0.717) is 0 Å². The van der Waals surface area contributed by atoms with E-state index in [0.717, 1.165) is 0 Å². The fraction of sp³-hybridized carbons (Fsp3) is 1.00. The molecule has 116 valence electrons. The normalized spacial score (nSPS) is 19.4. The number of hydrogen-bond donors (Lipinski definition) is 0. The Bertz CT molecular complexity index is 304. The number of rotatable bonds is 4. The van der Waals surface area contributed by atoms with Crippen molar-refractivity contribution in [3.05, 3.63) is 0 Å². The standard InChI is InChI=1S/C6H2F12O/c7-1(4(11,12)13)5(14,15)19-3(10,2(8)9)6(16,17)18/h1-2H. The van der Waals surface area contributed by atoms with Crippen LogP contribution in [0.1, 0.15) is 0 Å². The van der Waals surface area contributed by atoms with Crippen LogP contribution in [-0.4, -0.2) is 36.9 Å². The van der Waals surface area contributed by atoms with Crippen molar-refractivity contribution in [2.24, 2.45) is 0 Å². The van der Waals surface area contributed by atoms with Crippen LogP contribution in [0.15, 0.2) is 0 Å². The molecule has 0 saturated heterocycles. The maximum absolute atomic E-state index is 12.6. The minimum Gasteiger partial charge on any atom is -0.267 e. The summed E-state index contributed by atoms with van der Waals surface area (Å²) in [5.41, 5.74) is 0. The van der Waals surface area contributed by atoms with Crippen molar-refractivity contribution in [3.8, 4) is 0 Å². The molecule has 0 saturated carbocycles. The molecule has 0 heterocycles. The average molecular weight is 318 g/mol. The van der Waals surface area contributed by atoms with Gasteiger partial charge in [0.15, 0.2) is 0 Å². The van der Waals surface area contributed by atoms with E-state index in [1.165, 1.54) is 0 Å². The van der Waals surface area contributed by atoms with E-state index >= 15 is 0 Å². The molecular weight excluding hydrogens is 316 g/mol. The van der Waals surface area contributed by atoms with Gasteiger partial charge in [0.25, 0.3) is 6.17 Å².